The summed E-state index contributed by atoms with van der Waals surface area (Å²) < 4.78 is 0. The predicted octanol–water partition coefficient (Wildman–Crippen LogP) is 3.37. The molecule has 0 atom stereocenters. The molecule has 0 radical (unpaired) electrons. The van der Waals surface area contributed by atoms with E-state index in [1.807, 2.05) is 6.07 Å². The number of nitrogens with one attached hydrogen (secondary N) is 1. The molecule has 0 spiro atoms. The van der Waals surface area contributed by atoms with Crippen molar-refractivity contribution in [3.63, 3.8) is 0 Å². The van der Waals surface area contributed by atoms with E-state index < -0.39 is 0 Å². The molecule has 0 aliphatic heterocycles. The van der Waals surface area contributed by atoms with Crippen LogP contribution in [-0.4, -0.2) is 16.1 Å². The van der Waals surface area contributed by atoms with Gasteiger partial charge in [-0.2, -0.15) is 0 Å². The summed E-state index contributed by atoms with van der Waals surface area (Å²) in [7, 11) is 0. The van der Waals surface area contributed by atoms with Crippen LogP contribution in [0.2, 0.25) is 0 Å². The maximum absolute atomic E-state index is 12.0. The minimum absolute atomic E-state index is 0.0891. The van der Waals surface area contributed by atoms with E-state index in [1.165, 1.54) is 21.8 Å². The molecule has 0 aliphatic rings. The molecule has 2 aromatic heterocycles. The fraction of sp³-hybridized carbons (Fsp3) is 0.417. The zero-order valence-corrected chi connectivity index (χ0v) is 12.0. The van der Waals surface area contributed by atoms with Crippen LogP contribution in [0.15, 0.2) is 11.6 Å². The molecule has 18 heavy (non-hydrogen) atoms. The summed E-state index contributed by atoms with van der Waals surface area (Å²) in [6.45, 7) is 4.27. The van der Waals surface area contributed by atoms with Crippen molar-refractivity contribution in [3.05, 3.63) is 26.9 Å². The van der Waals surface area contributed by atoms with Crippen LogP contribution in [0.25, 0.3) is 0 Å². The van der Waals surface area contributed by atoms with Crippen molar-refractivity contribution in [1.29, 1.82) is 0 Å². The molecule has 2 aromatic rings. The molecular formula is C12H15N3OS2. The second-order valence-corrected chi connectivity index (χ2v) is 5.83. The first-order valence-corrected chi connectivity index (χ1v) is 7.63. The van der Waals surface area contributed by atoms with Gasteiger partial charge in [-0.15, -0.1) is 21.5 Å². The molecule has 0 bridgehead atoms. The Hall–Kier alpha value is -1.27. The Balaban J connectivity index is 2.15. The van der Waals surface area contributed by atoms with Gasteiger partial charge >= 0.3 is 0 Å². The average Bonchev–Trinajstić information content (AvgIpc) is 2.98. The average molecular weight is 281 g/mol. The summed E-state index contributed by atoms with van der Waals surface area (Å²) in [6.07, 6.45) is 3.11. The van der Waals surface area contributed by atoms with Crippen LogP contribution >= 0.6 is 22.7 Å². The van der Waals surface area contributed by atoms with E-state index in [0.717, 1.165) is 24.1 Å². The lowest BCUT2D eigenvalue weighted by Crippen LogP contribution is -2.09. The second kappa shape index (κ2) is 6.06. The Morgan fingerprint density at radius 3 is 2.89 bits per heavy atom. The molecule has 0 saturated heterocycles. The first-order chi connectivity index (χ1) is 8.74. The van der Waals surface area contributed by atoms with Crippen LogP contribution in [0, 0.1) is 0 Å². The lowest BCUT2D eigenvalue weighted by atomic mass is 10.1. The number of carbonyl (C=O) groups is 1. The Kier molecular flexibility index (Phi) is 4.43. The van der Waals surface area contributed by atoms with Gasteiger partial charge in [0, 0.05) is 4.88 Å². The number of amides is 1. The third-order valence-corrected chi connectivity index (χ3v) is 4.40. The lowest BCUT2D eigenvalue weighted by molar-refractivity contribution is 0.103. The van der Waals surface area contributed by atoms with Crippen molar-refractivity contribution in [3.8, 4) is 0 Å². The van der Waals surface area contributed by atoms with Crippen molar-refractivity contribution in [2.24, 2.45) is 0 Å². The van der Waals surface area contributed by atoms with Crippen LogP contribution in [0.4, 0.5) is 5.13 Å². The summed E-state index contributed by atoms with van der Waals surface area (Å²) in [4.78, 5) is 14.1. The van der Waals surface area contributed by atoms with Gasteiger partial charge in [-0.1, -0.05) is 31.6 Å². The number of hydrogen-bond acceptors (Lipinski definition) is 5. The molecule has 1 N–H and O–H groups in total. The van der Waals surface area contributed by atoms with Gasteiger partial charge in [0.15, 0.2) is 0 Å². The molecule has 96 valence electrons. The van der Waals surface area contributed by atoms with Gasteiger partial charge in [0.1, 0.15) is 5.51 Å². The number of nitrogens with zero attached hydrogens (tertiary/aromatic N) is 2. The van der Waals surface area contributed by atoms with Crippen LogP contribution in [-0.2, 0) is 12.8 Å². The van der Waals surface area contributed by atoms with Gasteiger partial charge in [-0.05, 0) is 24.5 Å². The largest absolute Gasteiger partial charge is 0.296 e. The summed E-state index contributed by atoms with van der Waals surface area (Å²) in [5.74, 6) is -0.0891. The van der Waals surface area contributed by atoms with Crippen molar-refractivity contribution in [1.82, 2.24) is 10.2 Å². The molecule has 2 rings (SSSR count). The summed E-state index contributed by atoms with van der Waals surface area (Å²) in [5, 5.41) is 10.8. The quantitative estimate of drug-likeness (QED) is 0.914. The minimum Gasteiger partial charge on any atom is -0.296 e. The molecule has 2 heterocycles. The van der Waals surface area contributed by atoms with Crippen molar-refractivity contribution in [2.45, 2.75) is 33.1 Å². The highest BCUT2D eigenvalue weighted by Crippen LogP contribution is 2.25. The van der Waals surface area contributed by atoms with Crippen LogP contribution < -0.4 is 5.32 Å². The molecule has 0 aromatic carbocycles. The van der Waals surface area contributed by atoms with Crippen LogP contribution in [0.5, 0.6) is 0 Å². The summed E-state index contributed by atoms with van der Waals surface area (Å²) in [6, 6.07) is 1.99. The van der Waals surface area contributed by atoms with Crippen molar-refractivity contribution >= 4 is 33.7 Å². The lowest BCUT2D eigenvalue weighted by Gasteiger charge is -1.96. The SMILES string of the molecule is CCCc1sc(C(=O)Nc2nncs2)cc1CC. The Morgan fingerprint density at radius 1 is 1.44 bits per heavy atom. The van der Waals surface area contributed by atoms with E-state index in [-0.39, 0.29) is 5.91 Å². The van der Waals surface area contributed by atoms with E-state index in [4.69, 9.17) is 0 Å². The smallest absolute Gasteiger partial charge is 0.267 e. The highest BCUT2D eigenvalue weighted by atomic mass is 32.1. The van der Waals surface area contributed by atoms with Gasteiger partial charge in [0.25, 0.3) is 5.91 Å². The normalized spacial score (nSPS) is 10.6. The standard InChI is InChI=1S/C12H15N3OS2/c1-3-5-9-8(4-2)6-10(18-9)11(16)14-12-15-13-7-17-12/h6-7H,3-5H2,1-2H3,(H,14,15,16). The minimum atomic E-state index is -0.0891. The van der Waals surface area contributed by atoms with E-state index in [2.05, 4.69) is 29.4 Å². The molecule has 0 saturated carbocycles. The summed E-state index contributed by atoms with van der Waals surface area (Å²) >= 11 is 2.91. The van der Waals surface area contributed by atoms with E-state index in [0.29, 0.717) is 5.13 Å². The molecule has 6 heteroatoms. The molecule has 0 unspecified atom stereocenters. The Labute approximate surface area is 114 Å². The van der Waals surface area contributed by atoms with E-state index in [9.17, 15) is 4.79 Å². The van der Waals surface area contributed by atoms with Crippen LogP contribution in [0.3, 0.4) is 0 Å². The Bertz CT molecular complexity index is 519. The topological polar surface area (TPSA) is 54.9 Å². The fourth-order valence-corrected chi connectivity index (χ4v) is 3.39. The Morgan fingerprint density at radius 2 is 2.28 bits per heavy atom. The van der Waals surface area contributed by atoms with Crippen LogP contribution in [0.1, 0.15) is 40.4 Å². The van der Waals surface area contributed by atoms with Gasteiger partial charge in [-0.3, -0.25) is 10.1 Å². The number of anilines is 1. The van der Waals surface area contributed by atoms with E-state index >= 15 is 0 Å². The molecular weight excluding hydrogens is 266 g/mol. The van der Waals surface area contributed by atoms with Crippen molar-refractivity contribution in [2.75, 3.05) is 5.32 Å². The predicted molar refractivity (Wildman–Crippen MR) is 75.6 cm³/mol. The van der Waals surface area contributed by atoms with Gasteiger partial charge in [-0.25, -0.2) is 0 Å². The monoisotopic (exact) mass is 281 g/mol. The van der Waals surface area contributed by atoms with Crippen molar-refractivity contribution < 1.29 is 4.79 Å². The second-order valence-electron chi connectivity index (χ2n) is 3.86. The third-order valence-electron chi connectivity index (χ3n) is 2.56. The van der Waals surface area contributed by atoms with Gasteiger partial charge < -0.3 is 0 Å². The first-order valence-electron chi connectivity index (χ1n) is 5.93. The third kappa shape index (κ3) is 2.94. The van der Waals surface area contributed by atoms with Gasteiger partial charge in [0.2, 0.25) is 5.13 Å². The summed E-state index contributed by atoms with van der Waals surface area (Å²) in [5.41, 5.74) is 2.88. The highest BCUT2D eigenvalue weighted by molar-refractivity contribution is 7.15. The molecule has 4 nitrogen and oxygen atoms in total. The molecule has 0 fully saturated rings. The number of hydrogen-bond donors (Lipinski definition) is 1. The maximum atomic E-state index is 12.0. The maximum Gasteiger partial charge on any atom is 0.267 e. The number of aryl methyl sites for hydroxylation is 2. The zero-order chi connectivity index (χ0) is 13.0. The highest BCUT2D eigenvalue weighted by Gasteiger charge is 2.14. The number of carbonyl (C=O) groups excluding carboxylic acids is 1. The fourth-order valence-electron chi connectivity index (χ4n) is 1.70. The van der Waals surface area contributed by atoms with Gasteiger partial charge in [0.05, 0.1) is 4.88 Å². The van der Waals surface area contributed by atoms with E-state index in [1.54, 1.807) is 16.8 Å². The first kappa shape index (κ1) is 13.2. The number of aromatic nitrogens is 2. The number of thiophene rings is 1. The molecule has 0 aliphatic carbocycles. The molecule has 1 amide bonds. The zero-order valence-electron chi connectivity index (χ0n) is 10.4. The number of rotatable bonds is 5.